The molecule has 0 unspecified atom stereocenters. The van der Waals surface area contributed by atoms with E-state index in [9.17, 15) is 4.79 Å². The predicted octanol–water partition coefficient (Wildman–Crippen LogP) is 3.88. The number of rotatable bonds is 12. The molecule has 31 heavy (non-hydrogen) atoms. The number of aromatic nitrogens is 3. The Balaban J connectivity index is 1.45. The topological polar surface area (TPSA) is 91.4 Å². The number of furan rings is 1. The van der Waals surface area contributed by atoms with Gasteiger partial charge in [0.05, 0.1) is 25.2 Å². The van der Waals surface area contributed by atoms with E-state index in [-0.39, 0.29) is 11.7 Å². The lowest BCUT2D eigenvalue weighted by atomic mass is 10.2. The van der Waals surface area contributed by atoms with Crippen LogP contribution in [-0.4, -0.2) is 46.2 Å². The molecule has 0 radical (unpaired) electrons. The summed E-state index contributed by atoms with van der Waals surface area (Å²) in [6.45, 7) is 8.36. The van der Waals surface area contributed by atoms with Crippen molar-refractivity contribution in [1.82, 2.24) is 20.1 Å². The van der Waals surface area contributed by atoms with Crippen molar-refractivity contribution in [2.45, 2.75) is 32.5 Å². The summed E-state index contributed by atoms with van der Waals surface area (Å²) in [6, 6.07) is 11.1. The molecule has 2 aromatic heterocycles. The van der Waals surface area contributed by atoms with Crippen molar-refractivity contribution in [3.05, 3.63) is 42.7 Å². The summed E-state index contributed by atoms with van der Waals surface area (Å²) in [5.41, 5.74) is 0. The molecule has 9 heteroatoms. The number of ether oxygens (including phenoxy) is 2. The highest BCUT2D eigenvalue weighted by atomic mass is 32.2. The van der Waals surface area contributed by atoms with E-state index >= 15 is 0 Å². The van der Waals surface area contributed by atoms with Crippen LogP contribution in [0.15, 0.2) is 52.2 Å². The van der Waals surface area contributed by atoms with Gasteiger partial charge in [-0.2, -0.15) is 0 Å². The summed E-state index contributed by atoms with van der Waals surface area (Å²) in [7, 11) is 0. The van der Waals surface area contributed by atoms with Crippen LogP contribution in [0.3, 0.4) is 0 Å². The Labute approximate surface area is 186 Å². The molecule has 3 rings (SSSR count). The molecule has 0 saturated carbocycles. The molecule has 0 spiro atoms. The highest BCUT2D eigenvalue weighted by Gasteiger charge is 2.18. The fourth-order valence-corrected chi connectivity index (χ4v) is 3.63. The van der Waals surface area contributed by atoms with Crippen LogP contribution in [0.1, 0.15) is 20.8 Å². The van der Waals surface area contributed by atoms with Crippen LogP contribution in [0.5, 0.6) is 11.5 Å². The third kappa shape index (κ3) is 6.78. The van der Waals surface area contributed by atoms with Crippen molar-refractivity contribution in [3.8, 4) is 23.1 Å². The van der Waals surface area contributed by atoms with Crippen molar-refractivity contribution >= 4 is 17.7 Å². The third-order valence-corrected chi connectivity index (χ3v) is 5.13. The van der Waals surface area contributed by atoms with Crippen LogP contribution in [0.25, 0.3) is 11.6 Å². The first-order valence-electron chi connectivity index (χ1n) is 10.3. The maximum atomic E-state index is 12.2. The molecule has 3 aromatic rings. The Morgan fingerprint density at radius 1 is 1.16 bits per heavy atom. The van der Waals surface area contributed by atoms with Crippen LogP contribution >= 0.6 is 11.8 Å². The number of thioether (sulfide) groups is 1. The standard InChI is InChI=1S/C22H28N4O4S/c1-4-28-17-7-9-18(10-8-17)29-13-11-23-20(27)15-31-22-25-24-21(19-6-5-12-30-19)26(22)14-16(2)3/h5-10,12,16H,4,11,13-15H2,1-3H3,(H,23,27). The van der Waals surface area contributed by atoms with Gasteiger partial charge in [-0.1, -0.05) is 25.6 Å². The van der Waals surface area contributed by atoms with Crippen molar-refractivity contribution in [2.75, 3.05) is 25.5 Å². The summed E-state index contributed by atoms with van der Waals surface area (Å²) in [4.78, 5) is 12.2. The van der Waals surface area contributed by atoms with Gasteiger partial charge in [-0.3, -0.25) is 9.36 Å². The SMILES string of the molecule is CCOc1ccc(OCCNC(=O)CSc2nnc(-c3ccco3)n2CC(C)C)cc1. The number of nitrogens with one attached hydrogen (secondary N) is 1. The highest BCUT2D eigenvalue weighted by Crippen LogP contribution is 2.25. The van der Waals surface area contributed by atoms with Gasteiger partial charge in [-0.25, -0.2) is 0 Å². The van der Waals surface area contributed by atoms with Gasteiger partial charge in [0.25, 0.3) is 0 Å². The van der Waals surface area contributed by atoms with E-state index in [1.165, 1.54) is 11.8 Å². The van der Waals surface area contributed by atoms with Gasteiger partial charge in [-0.15, -0.1) is 10.2 Å². The maximum absolute atomic E-state index is 12.2. The molecular weight excluding hydrogens is 416 g/mol. The van der Waals surface area contributed by atoms with E-state index in [0.717, 1.165) is 18.0 Å². The first-order chi connectivity index (χ1) is 15.1. The van der Waals surface area contributed by atoms with Gasteiger partial charge >= 0.3 is 0 Å². The zero-order valence-corrected chi connectivity index (χ0v) is 18.9. The first-order valence-corrected chi connectivity index (χ1v) is 11.3. The molecule has 0 fully saturated rings. The number of nitrogens with zero attached hydrogens (tertiary/aromatic N) is 3. The molecule has 2 heterocycles. The van der Waals surface area contributed by atoms with E-state index in [1.807, 2.05) is 47.9 Å². The van der Waals surface area contributed by atoms with Gasteiger partial charge in [0.15, 0.2) is 16.7 Å². The van der Waals surface area contributed by atoms with Crippen LogP contribution in [-0.2, 0) is 11.3 Å². The smallest absolute Gasteiger partial charge is 0.230 e. The lowest BCUT2D eigenvalue weighted by Gasteiger charge is -2.11. The van der Waals surface area contributed by atoms with Crippen molar-refractivity contribution in [2.24, 2.45) is 5.92 Å². The third-order valence-electron chi connectivity index (χ3n) is 4.17. The molecule has 0 aliphatic carbocycles. The molecule has 0 aliphatic heterocycles. The van der Waals surface area contributed by atoms with Crippen molar-refractivity contribution < 1.29 is 18.7 Å². The van der Waals surface area contributed by atoms with Crippen molar-refractivity contribution in [3.63, 3.8) is 0 Å². The number of amides is 1. The largest absolute Gasteiger partial charge is 0.494 e. The normalized spacial score (nSPS) is 11.0. The summed E-state index contributed by atoms with van der Waals surface area (Å²) in [5.74, 6) is 3.44. The average Bonchev–Trinajstić information content (AvgIpc) is 3.41. The number of carbonyl (C=O) groups excluding carboxylic acids is 1. The van der Waals surface area contributed by atoms with E-state index < -0.39 is 0 Å². The molecule has 1 amide bonds. The monoisotopic (exact) mass is 444 g/mol. The van der Waals surface area contributed by atoms with Crippen molar-refractivity contribution in [1.29, 1.82) is 0 Å². The Morgan fingerprint density at radius 2 is 1.90 bits per heavy atom. The molecule has 0 aliphatic rings. The molecule has 1 N–H and O–H groups in total. The highest BCUT2D eigenvalue weighted by molar-refractivity contribution is 7.99. The van der Waals surface area contributed by atoms with Gasteiger partial charge in [-0.05, 0) is 49.2 Å². The Hall–Kier alpha value is -2.94. The minimum absolute atomic E-state index is 0.0843. The molecule has 1 aromatic carbocycles. The zero-order valence-electron chi connectivity index (χ0n) is 18.0. The van der Waals surface area contributed by atoms with Gasteiger partial charge in [0, 0.05) is 6.54 Å². The summed E-state index contributed by atoms with van der Waals surface area (Å²) in [5, 5.41) is 12.1. The van der Waals surface area contributed by atoms with E-state index in [0.29, 0.717) is 42.4 Å². The Bertz CT molecular complexity index is 939. The molecule has 0 bridgehead atoms. The lowest BCUT2D eigenvalue weighted by Crippen LogP contribution is -2.29. The number of hydrogen-bond donors (Lipinski definition) is 1. The summed E-state index contributed by atoms with van der Waals surface area (Å²) in [6.07, 6.45) is 1.61. The zero-order chi connectivity index (χ0) is 22.1. The maximum Gasteiger partial charge on any atom is 0.230 e. The second-order valence-corrected chi connectivity index (χ2v) is 8.12. The van der Waals surface area contributed by atoms with E-state index in [1.54, 1.807) is 6.26 Å². The second-order valence-electron chi connectivity index (χ2n) is 7.18. The fourth-order valence-electron chi connectivity index (χ4n) is 2.85. The van der Waals surface area contributed by atoms with Crippen LogP contribution in [0.4, 0.5) is 0 Å². The second kappa shape index (κ2) is 11.5. The Morgan fingerprint density at radius 3 is 2.55 bits per heavy atom. The Kier molecular flexibility index (Phi) is 8.40. The lowest BCUT2D eigenvalue weighted by molar-refractivity contribution is -0.118. The molecular formula is C22H28N4O4S. The van der Waals surface area contributed by atoms with Gasteiger partial charge < -0.3 is 19.2 Å². The van der Waals surface area contributed by atoms with Gasteiger partial charge in [0.1, 0.15) is 18.1 Å². The minimum atomic E-state index is -0.0843. The van der Waals surface area contributed by atoms with Crippen LogP contribution in [0, 0.1) is 5.92 Å². The predicted molar refractivity (Wildman–Crippen MR) is 119 cm³/mol. The molecule has 0 atom stereocenters. The minimum Gasteiger partial charge on any atom is -0.494 e. The average molecular weight is 445 g/mol. The number of carbonyl (C=O) groups is 1. The quantitative estimate of drug-likeness (QED) is 0.335. The first kappa shape index (κ1) is 22.7. The summed E-state index contributed by atoms with van der Waals surface area (Å²) >= 11 is 1.36. The number of hydrogen-bond acceptors (Lipinski definition) is 7. The van der Waals surface area contributed by atoms with Crippen LogP contribution in [0.2, 0.25) is 0 Å². The summed E-state index contributed by atoms with van der Waals surface area (Å²) < 4.78 is 18.5. The van der Waals surface area contributed by atoms with E-state index in [2.05, 4.69) is 29.4 Å². The van der Waals surface area contributed by atoms with Gasteiger partial charge in [0.2, 0.25) is 5.91 Å². The van der Waals surface area contributed by atoms with Crippen LogP contribution < -0.4 is 14.8 Å². The molecule has 8 nitrogen and oxygen atoms in total. The molecule has 0 saturated heterocycles. The van der Waals surface area contributed by atoms with E-state index in [4.69, 9.17) is 13.9 Å². The molecule has 166 valence electrons. The number of benzene rings is 1. The fraction of sp³-hybridized carbons (Fsp3) is 0.409.